The summed E-state index contributed by atoms with van der Waals surface area (Å²) in [4.78, 5) is 39.7. The molecule has 2 bridgehead atoms. The van der Waals surface area contributed by atoms with Gasteiger partial charge in [0, 0.05) is 5.38 Å². The molecule has 0 aromatic carbocycles. The van der Waals surface area contributed by atoms with Gasteiger partial charge in [0.05, 0.1) is 30.6 Å². The third-order valence-electron chi connectivity index (χ3n) is 4.92. The minimum atomic E-state index is -0.885. The maximum Gasteiger partial charge on any atom is 0.311 e. The van der Waals surface area contributed by atoms with Gasteiger partial charge in [-0.15, -0.1) is 11.3 Å². The van der Waals surface area contributed by atoms with E-state index in [0.717, 1.165) is 19.3 Å². The summed E-state index contributed by atoms with van der Waals surface area (Å²) in [6.45, 7) is 2.05. The van der Waals surface area contributed by atoms with Gasteiger partial charge in [0.1, 0.15) is 0 Å². The first-order valence-electron chi connectivity index (χ1n) is 8.13. The molecule has 7 nitrogen and oxygen atoms in total. The molecule has 24 heavy (non-hydrogen) atoms. The molecule has 3 rings (SSSR count). The van der Waals surface area contributed by atoms with Crippen LogP contribution in [0.1, 0.15) is 31.9 Å². The van der Waals surface area contributed by atoms with E-state index in [9.17, 15) is 19.5 Å². The van der Waals surface area contributed by atoms with Crippen molar-refractivity contribution in [3.8, 4) is 0 Å². The smallest absolute Gasteiger partial charge is 0.311 e. The number of nitrogens with zero attached hydrogens (tertiary/aromatic N) is 1. The van der Waals surface area contributed by atoms with Crippen molar-refractivity contribution in [2.45, 2.75) is 32.6 Å². The highest BCUT2D eigenvalue weighted by atomic mass is 32.1. The fourth-order valence-electron chi connectivity index (χ4n) is 4.02. The molecule has 0 spiro atoms. The first-order valence-corrected chi connectivity index (χ1v) is 9.01. The largest absolute Gasteiger partial charge is 0.481 e. The van der Waals surface area contributed by atoms with Crippen LogP contribution in [-0.4, -0.2) is 34.5 Å². The zero-order chi connectivity index (χ0) is 17.3. The lowest BCUT2D eigenvalue weighted by atomic mass is 9.79. The minimum Gasteiger partial charge on any atom is -0.481 e. The SMILES string of the molecule is CCOC(=O)Cc1csc(NC(=O)C2C3CCC(C3)C2C(=O)O)n1. The Morgan fingerprint density at radius 2 is 2.04 bits per heavy atom. The van der Waals surface area contributed by atoms with Crippen molar-refractivity contribution in [1.82, 2.24) is 4.98 Å². The Bertz CT molecular complexity index is 659. The Morgan fingerprint density at radius 1 is 1.33 bits per heavy atom. The minimum absolute atomic E-state index is 0.0616. The highest BCUT2D eigenvalue weighted by molar-refractivity contribution is 7.13. The molecule has 1 amide bonds. The first-order chi connectivity index (χ1) is 11.5. The van der Waals surface area contributed by atoms with Gasteiger partial charge in [-0.25, -0.2) is 4.98 Å². The number of anilines is 1. The highest BCUT2D eigenvalue weighted by Gasteiger charge is 2.54. The van der Waals surface area contributed by atoms with Gasteiger partial charge in [-0.2, -0.15) is 0 Å². The van der Waals surface area contributed by atoms with E-state index in [-0.39, 0.29) is 30.1 Å². The number of esters is 1. The molecule has 1 aromatic heterocycles. The van der Waals surface area contributed by atoms with Crippen molar-refractivity contribution >= 4 is 34.3 Å². The molecule has 2 aliphatic carbocycles. The summed E-state index contributed by atoms with van der Waals surface area (Å²) in [5.74, 6) is -2.34. The summed E-state index contributed by atoms with van der Waals surface area (Å²) >= 11 is 1.23. The molecule has 130 valence electrons. The molecule has 2 aliphatic rings. The third-order valence-corrected chi connectivity index (χ3v) is 5.72. The number of ether oxygens (including phenoxy) is 1. The molecule has 2 N–H and O–H groups in total. The number of aliphatic carboxylic acids is 1. The topological polar surface area (TPSA) is 106 Å². The van der Waals surface area contributed by atoms with Crippen LogP contribution in [0, 0.1) is 23.7 Å². The molecule has 4 unspecified atom stereocenters. The van der Waals surface area contributed by atoms with E-state index in [4.69, 9.17) is 4.74 Å². The van der Waals surface area contributed by atoms with Crippen LogP contribution in [0.4, 0.5) is 5.13 Å². The lowest BCUT2D eigenvalue weighted by Gasteiger charge is -2.26. The number of fused-ring (bicyclic) bond motifs is 2. The Morgan fingerprint density at radius 3 is 2.71 bits per heavy atom. The van der Waals surface area contributed by atoms with Gasteiger partial charge in [-0.3, -0.25) is 14.4 Å². The van der Waals surface area contributed by atoms with Crippen LogP contribution in [0.3, 0.4) is 0 Å². The van der Waals surface area contributed by atoms with E-state index in [0.29, 0.717) is 17.4 Å². The maximum atomic E-state index is 12.6. The lowest BCUT2D eigenvalue weighted by molar-refractivity contribution is -0.148. The monoisotopic (exact) mass is 352 g/mol. The number of carboxylic acids is 1. The van der Waals surface area contributed by atoms with Crippen LogP contribution in [0.2, 0.25) is 0 Å². The normalized spacial score (nSPS) is 27.9. The van der Waals surface area contributed by atoms with Gasteiger partial charge < -0.3 is 15.2 Å². The van der Waals surface area contributed by atoms with Crippen LogP contribution in [0.15, 0.2) is 5.38 Å². The molecule has 0 radical (unpaired) electrons. The van der Waals surface area contributed by atoms with Crippen molar-refractivity contribution in [3.63, 3.8) is 0 Å². The van der Waals surface area contributed by atoms with Crippen LogP contribution < -0.4 is 5.32 Å². The Balaban J connectivity index is 1.64. The average Bonchev–Trinajstić information content (AvgIpc) is 3.22. The van der Waals surface area contributed by atoms with Crippen LogP contribution in [-0.2, 0) is 25.5 Å². The number of carbonyl (C=O) groups excluding carboxylic acids is 2. The van der Waals surface area contributed by atoms with Gasteiger partial charge in [-0.05, 0) is 38.0 Å². The molecule has 2 saturated carbocycles. The Hall–Kier alpha value is -1.96. The number of rotatable bonds is 6. The summed E-state index contributed by atoms with van der Waals surface area (Å²) in [7, 11) is 0. The van der Waals surface area contributed by atoms with Crippen molar-refractivity contribution < 1.29 is 24.2 Å². The molecule has 1 heterocycles. The number of amides is 1. The predicted molar refractivity (Wildman–Crippen MR) is 86.5 cm³/mol. The summed E-state index contributed by atoms with van der Waals surface area (Å²) < 4.78 is 4.86. The second-order valence-electron chi connectivity index (χ2n) is 6.34. The number of nitrogens with one attached hydrogen (secondary N) is 1. The molecule has 0 saturated heterocycles. The van der Waals surface area contributed by atoms with Crippen molar-refractivity contribution in [3.05, 3.63) is 11.1 Å². The van der Waals surface area contributed by atoms with Crippen molar-refractivity contribution in [2.75, 3.05) is 11.9 Å². The summed E-state index contributed by atoms with van der Waals surface area (Å²) in [6, 6.07) is 0. The fourth-order valence-corrected chi connectivity index (χ4v) is 4.73. The average molecular weight is 352 g/mol. The van der Waals surface area contributed by atoms with Gasteiger partial charge >= 0.3 is 11.9 Å². The van der Waals surface area contributed by atoms with Crippen molar-refractivity contribution in [2.24, 2.45) is 23.7 Å². The Kier molecular flexibility index (Phi) is 4.84. The zero-order valence-electron chi connectivity index (χ0n) is 13.4. The molecule has 1 aromatic rings. The maximum absolute atomic E-state index is 12.6. The van der Waals surface area contributed by atoms with Crippen LogP contribution in [0.5, 0.6) is 0 Å². The third kappa shape index (κ3) is 3.28. The molecular formula is C16H20N2O5S. The number of hydrogen-bond donors (Lipinski definition) is 2. The second kappa shape index (κ2) is 6.88. The van der Waals surface area contributed by atoms with E-state index >= 15 is 0 Å². The molecule has 8 heteroatoms. The van der Waals surface area contributed by atoms with Gasteiger partial charge in [-0.1, -0.05) is 0 Å². The standard InChI is InChI=1S/C16H20N2O5S/c1-2-23-11(19)6-10-7-24-16(17-10)18-14(20)12-8-3-4-9(5-8)13(12)15(21)22/h7-9,12-13H,2-6H2,1H3,(H,21,22)(H,17,18,20). The molecule has 4 atom stereocenters. The Labute approximate surface area is 143 Å². The predicted octanol–water partition coefficient (Wildman–Crippen LogP) is 1.93. The van der Waals surface area contributed by atoms with Crippen LogP contribution >= 0.6 is 11.3 Å². The first kappa shape index (κ1) is 16.9. The van der Waals surface area contributed by atoms with Gasteiger partial charge in [0.2, 0.25) is 5.91 Å². The van der Waals surface area contributed by atoms with E-state index in [2.05, 4.69) is 10.3 Å². The van der Waals surface area contributed by atoms with E-state index in [1.165, 1.54) is 11.3 Å². The number of carboxylic acid groups (broad SMARTS) is 1. The van der Waals surface area contributed by atoms with Gasteiger partial charge in [0.15, 0.2) is 5.13 Å². The van der Waals surface area contributed by atoms with E-state index in [1.54, 1.807) is 12.3 Å². The second-order valence-corrected chi connectivity index (χ2v) is 7.20. The van der Waals surface area contributed by atoms with Crippen molar-refractivity contribution in [1.29, 1.82) is 0 Å². The highest BCUT2D eigenvalue weighted by Crippen LogP contribution is 2.52. The zero-order valence-corrected chi connectivity index (χ0v) is 14.2. The molecule has 2 fully saturated rings. The summed E-state index contributed by atoms with van der Waals surface area (Å²) in [5.41, 5.74) is 0.538. The number of hydrogen-bond acceptors (Lipinski definition) is 6. The summed E-state index contributed by atoms with van der Waals surface area (Å²) in [5, 5.41) is 14.3. The number of thiazole rings is 1. The molecular weight excluding hydrogens is 332 g/mol. The summed E-state index contributed by atoms with van der Waals surface area (Å²) in [6.07, 6.45) is 2.69. The van der Waals surface area contributed by atoms with E-state index in [1.807, 2.05) is 0 Å². The number of aromatic nitrogens is 1. The molecule has 0 aliphatic heterocycles. The quantitative estimate of drug-likeness (QED) is 0.758. The van der Waals surface area contributed by atoms with Crippen LogP contribution in [0.25, 0.3) is 0 Å². The number of carbonyl (C=O) groups is 3. The lowest BCUT2D eigenvalue weighted by Crippen LogP contribution is -2.37. The van der Waals surface area contributed by atoms with E-state index < -0.39 is 17.8 Å². The van der Waals surface area contributed by atoms with Gasteiger partial charge in [0.25, 0.3) is 0 Å². The fraction of sp³-hybridized carbons (Fsp3) is 0.625.